The molecule has 5 rings (SSSR count). The summed E-state index contributed by atoms with van der Waals surface area (Å²) in [6.45, 7) is 2.00. The largest absolute Gasteiger partial charge is 0.268 e. The van der Waals surface area contributed by atoms with Crippen molar-refractivity contribution in [1.82, 2.24) is 19.2 Å². The van der Waals surface area contributed by atoms with Gasteiger partial charge in [0.2, 0.25) is 5.78 Å². The molecule has 0 saturated carbocycles. The van der Waals surface area contributed by atoms with Crippen LogP contribution < -0.4 is 5.56 Å². The molecule has 0 aliphatic carbocycles. The second-order valence-electron chi connectivity index (χ2n) is 7.03. The number of nitrogens with zero attached hydrogens (tertiary/aromatic N) is 4. The summed E-state index contributed by atoms with van der Waals surface area (Å²) in [6.07, 6.45) is 0. The van der Waals surface area contributed by atoms with Crippen molar-refractivity contribution < 1.29 is 4.39 Å². The maximum absolute atomic E-state index is 13.3. The van der Waals surface area contributed by atoms with E-state index in [2.05, 4.69) is 10.2 Å². The molecule has 7 heteroatoms. The smallest absolute Gasteiger partial charge is 0.267 e. The van der Waals surface area contributed by atoms with Gasteiger partial charge in [-0.25, -0.2) is 8.96 Å². The first kappa shape index (κ1) is 18.6. The van der Waals surface area contributed by atoms with Gasteiger partial charge in [0.05, 0.1) is 16.6 Å². The Balaban J connectivity index is 1.69. The van der Waals surface area contributed by atoms with E-state index in [0.29, 0.717) is 22.1 Å². The first-order valence-corrected chi connectivity index (χ1v) is 10.4. The maximum atomic E-state index is 13.3. The molecule has 0 N–H and O–H groups in total. The third-order valence-corrected chi connectivity index (χ3v) is 5.97. The van der Waals surface area contributed by atoms with E-state index in [-0.39, 0.29) is 11.4 Å². The van der Waals surface area contributed by atoms with E-state index < -0.39 is 0 Å². The Labute approximate surface area is 175 Å². The molecule has 0 saturated heterocycles. The zero-order valence-electron chi connectivity index (χ0n) is 16.1. The van der Waals surface area contributed by atoms with Crippen LogP contribution in [0, 0.1) is 12.7 Å². The third-order valence-electron chi connectivity index (χ3n) is 4.97. The number of halogens is 1. The number of rotatable bonds is 4. The van der Waals surface area contributed by atoms with Crippen LogP contribution in [-0.2, 0) is 5.75 Å². The minimum Gasteiger partial charge on any atom is -0.268 e. The first-order chi connectivity index (χ1) is 14.6. The number of fused-ring (bicyclic) bond motifs is 3. The van der Waals surface area contributed by atoms with E-state index in [9.17, 15) is 9.18 Å². The fraction of sp³-hybridized carbons (Fsp3) is 0.0870. The summed E-state index contributed by atoms with van der Waals surface area (Å²) in [6, 6.07) is 21.6. The molecule has 0 unspecified atom stereocenters. The molecule has 30 heavy (non-hydrogen) atoms. The zero-order chi connectivity index (χ0) is 20.7. The van der Waals surface area contributed by atoms with E-state index in [4.69, 9.17) is 0 Å². The van der Waals surface area contributed by atoms with Gasteiger partial charge in [-0.05, 0) is 48.9 Å². The summed E-state index contributed by atoms with van der Waals surface area (Å²) in [4.78, 5) is 13.3. The first-order valence-electron chi connectivity index (χ1n) is 9.45. The lowest BCUT2D eigenvalue weighted by Crippen LogP contribution is -2.21. The van der Waals surface area contributed by atoms with Crippen LogP contribution in [0.25, 0.3) is 22.4 Å². The van der Waals surface area contributed by atoms with Gasteiger partial charge in [0.25, 0.3) is 5.56 Å². The highest BCUT2D eigenvalue weighted by molar-refractivity contribution is 7.98. The van der Waals surface area contributed by atoms with Crippen LogP contribution in [0.2, 0.25) is 0 Å². The van der Waals surface area contributed by atoms with E-state index in [1.807, 2.05) is 59.9 Å². The number of benzene rings is 3. The molecule has 0 aliphatic rings. The Hall–Kier alpha value is -3.45. The van der Waals surface area contributed by atoms with Gasteiger partial charge in [0.15, 0.2) is 5.16 Å². The van der Waals surface area contributed by atoms with Gasteiger partial charge >= 0.3 is 0 Å². The predicted molar refractivity (Wildman–Crippen MR) is 117 cm³/mol. The van der Waals surface area contributed by atoms with Crippen molar-refractivity contribution in [1.29, 1.82) is 0 Å². The molecule has 0 aliphatic heterocycles. The number of hydrogen-bond acceptors (Lipinski definition) is 4. The number of para-hydroxylation sites is 1. The summed E-state index contributed by atoms with van der Waals surface area (Å²) in [5.41, 5.74) is 3.45. The van der Waals surface area contributed by atoms with Crippen molar-refractivity contribution in [3.05, 3.63) is 100 Å². The van der Waals surface area contributed by atoms with Crippen molar-refractivity contribution in [3.8, 4) is 5.69 Å². The highest BCUT2D eigenvalue weighted by Crippen LogP contribution is 2.25. The molecule has 2 heterocycles. The van der Waals surface area contributed by atoms with Gasteiger partial charge in [-0.2, -0.15) is 0 Å². The fourth-order valence-corrected chi connectivity index (χ4v) is 4.32. The minimum absolute atomic E-state index is 0.135. The molecule has 2 aromatic heterocycles. The van der Waals surface area contributed by atoms with Crippen LogP contribution in [0.5, 0.6) is 0 Å². The average molecular weight is 416 g/mol. The third kappa shape index (κ3) is 3.17. The Morgan fingerprint density at radius 3 is 2.43 bits per heavy atom. The molecule has 3 aromatic carbocycles. The van der Waals surface area contributed by atoms with Crippen molar-refractivity contribution in [2.75, 3.05) is 0 Å². The second kappa shape index (κ2) is 7.42. The Morgan fingerprint density at radius 2 is 1.67 bits per heavy atom. The van der Waals surface area contributed by atoms with Crippen LogP contribution in [0.4, 0.5) is 4.39 Å². The molecule has 0 bridgehead atoms. The van der Waals surface area contributed by atoms with Gasteiger partial charge in [-0.3, -0.25) is 9.20 Å². The Bertz CT molecular complexity index is 1420. The van der Waals surface area contributed by atoms with E-state index in [1.54, 1.807) is 16.7 Å². The van der Waals surface area contributed by atoms with Crippen LogP contribution in [0.15, 0.2) is 82.7 Å². The molecule has 148 valence electrons. The van der Waals surface area contributed by atoms with E-state index in [1.165, 1.54) is 23.9 Å². The van der Waals surface area contributed by atoms with E-state index in [0.717, 1.165) is 22.3 Å². The topological polar surface area (TPSA) is 52.2 Å². The Kier molecular flexibility index (Phi) is 4.59. The van der Waals surface area contributed by atoms with Crippen molar-refractivity contribution in [3.63, 3.8) is 0 Å². The number of thioether (sulfide) groups is 1. The molecular weight excluding hydrogens is 399 g/mol. The van der Waals surface area contributed by atoms with Gasteiger partial charge in [0, 0.05) is 5.75 Å². The second-order valence-corrected chi connectivity index (χ2v) is 7.97. The molecular formula is C23H17FN4OS. The summed E-state index contributed by atoms with van der Waals surface area (Å²) in [7, 11) is 0. The quantitative estimate of drug-likeness (QED) is 0.396. The molecule has 0 fully saturated rings. The van der Waals surface area contributed by atoms with Crippen molar-refractivity contribution >= 4 is 28.4 Å². The van der Waals surface area contributed by atoms with Gasteiger partial charge < -0.3 is 0 Å². The molecule has 5 aromatic rings. The maximum Gasteiger partial charge on any atom is 0.267 e. The van der Waals surface area contributed by atoms with Crippen LogP contribution >= 0.6 is 11.8 Å². The van der Waals surface area contributed by atoms with Gasteiger partial charge in [0.1, 0.15) is 5.82 Å². The molecule has 0 amide bonds. The molecule has 0 atom stereocenters. The summed E-state index contributed by atoms with van der Waals surface area (Å²) >= 11 is 1.49. The standard InChI is InChI=1S/C23H17FN4OS/c1-15-6-12-18(13-7-15)27-21(29)19-4-2-3-5-20(19)28-22(27)25-26-23(28)30-14-16-8-10-17(24)11-9-16/h2-13H,14H2,1H3. The van der Waals surface area contributed by atoms with Crippen LogP contribution in [-0.4, -0.2) is 19.2 Å². The summed E-state index contributed by atoms with van der Waals surface area (Å²) < 4.78 is 16.7. The predicted octanol–water partition coefficient (Wildman–Crippen LogP) is 4.77. The minimum atomic E-state index is -0.259. The lowest BCUT2D eigenvalue weighted by Gasteiger charge is -2.11. The molecule has 0 radical (unpaired) electrons. The molecule has 0 spiro atoms. The summed E-state index contributed by atoms with van der Waals surface area (Å²) in [5.74, 6) is 0.813. The summed E-state index contributed by atoms with van der Waals surface area (Å²) in [5, 5.41) is 9.98. The van der Waals surface area contributed by atoms with Gasteiger partial charge in [-0.1, -0.05) is 53.7 Å². The fourth-order valence-electron chi connectivity index (χ4n) is 3.43. The normalized spacial score (nSPS) is 11.4. The van der Waals surface area contributed by atoms with Crippen molar-refractivity contribution in [2.45, 2.75) is 17.8 Å². The number of aromatic nitrogens is 4. The SMILES string of the molecule is Cc1ccc(-n2c(=O)c3ccccc3n3c(SCc4ccc(F)cc4)nnc23)cc1. The highest BCUT2D eigenvalue weighted by Gasteiger charge is 2.17. The Morgan fingerprint density at radius 1 is 0.933 bits per heavy atom. The van der Waals surface area contributed by atoms with E-state index >= 15 is 0 Å². The molecule has 5 nitrogen and oxygen atoms in total. The monoisotopic (exact) mass is 416 g/mol. The van der Waals surface area contributed by atoms with Crippen molar-refractivity contribution in [2.24, 2.45) is 0 Å². The highest BCUT2D eigenvalue weighted by atomic mass is 32.2. The number of aryl methyl sites for hydroxylation is 1. The lowest BCUT2D eigenvalue weighted by molar-refractivity contribution is 0.627. The zero-order valence-corrected chi connectivity index (χ0v) is 16.9. The number of hydrogen-bond donors (Lipinski definition) is 0. The van der Waals surface area contributed by atoms with Crippen LogP contribution in [0.1, 0.15) is 11.1 Å². The lowest BCUT2D eigenvalue weighted by atomic mass is 10.2. The average Bonchev–Trinajstić information content (AvgIpc) is 3.18. The van der Waals surface area contributed by atoms with Crippen LogP contribution in [0.3, 0.4) is 0 Å². The van der Waals surface area contributed by atoms with Gasteiger partial charge in [-0.15, -0.1) is 10.2 Å².